The maximum Gasteiger partial charge on any atom is 0.251 e. The number of hydrogen-bond donors (Lipinski definition) is 1. The Hall–Kier alpha value is -1.64. The van der Waals surface area contributed by atoms with E-state index in [4.69, 9.17) is 4.74 Å². The van der Waals surface area contributed by atoms with Gasteiger partial charge >= 0.3 is 0 Å². The maximum absolute atomic E-state index is 13.3. The first-order valence-electron chi connectivity index (χ1n) is 11.5. The maximum atomic E-state index is 13.3. The van der Waals surface area contributed by atoms with E-state index in [1.54, 1.807) is 12.1 Å². The summed E-state index contributed by atoms with van der Waals surface area (Å²) >= 11 is 0. The van der Waals surface area contributed by atoms with Crippen molar-refractivity contribution < 1.29 is 17.9 Å². The van der Waals surface area contributed by atoms with E-state index in [1.807, 2.05) is 0 Å². The summed E-state index contributed by atoms with van der Waals surface area (Å²) in [6.45, 7) is 8.48. The van der Waals surface area contributed by atoms with E-state index < -0.39 is 10.0 Å². The molecule has 0 atom stereocenters. The number of piperidine rings is 1. The van der Waals surface area contributed by atoms with Gasteiger partial charge in [-0.2, -0.15) is 4.31 Å². The van der Waals surface area contributed by atoms with E-state index >= 15 is 0 Å². The van der Waals surface area contributed by atoms with Gasteiger partial charge in [-0.15, -0.1) is 0 Å². The van der Waals surface area contributed by atoms with Crippen LogP contribution in [0.25, 0.3) is 0 Å². The third-order valence-corrected chi connectivity index (χ3v) is 8.07. The molecule has 0 aliphatic carbocycles. The van der Waals surface area contributed by atoms with Crippen molar-refractivity contribution in [1.29, 1.82) is 0 Å². The first-order valence-corrected chi connectivity index (χ1v) is 13.0. The van der Waals surface area contributed by atoms with Crippen molar-refractivity contribution in [3.8, 4) is 5.75 Å². The summed E-state index contributed by atoms with van der Waals surface area (Å²) in [7, 11) is -2.25. The molecule has 7 nitrogen and oxygen atoms in total. The largest absolute Gasteiger partial charge is 0.495 e. The van der Waals surface area contributed by atoms with E-state index in [-0.39, 0.29) is 22.6 Å². The fourth-order valence-electron chi connectivity index (χ4n) is 4.49. The summed E-state index contributed by atoms with van der Waals surface area (Å²) in [5, 5.41) is 3.10. The van der Waals surface area contributed by atoms with E-state index in [9.17, 15) is 13.2 Å². The molecule has 2 saturated heterocycles. The Morgan fingerprint density at radius 3 is 2.32 bits per heavy atom. The second-order valence-corrected chi connectivity index (χ2v) is 11.0. The Labute approximate surface area is 187 Å². The van der Waals surface area contributed by atoms with Gasteiger partial charge in [0.25, 0.3) is 5.91 Å². The van der Waals surface area contributed by atoms with Crippen molar-refractivity contribution in [3.05, 3.63) is 23.8 Å². The lowest BCUT2D eigenvalue weighted by Crippen LogP contribution is -2.45. The van der Waals surface area contributed by atoms with Gasteiger partial charge in [0.05, 0.1) is 7.11 Å². The van der Waals surface area contributed by atoms with Crippen LogP contribution in [0.5, 0.6) is 5.75 Å². The van der Waals surface area contributed by atoms with Gasteiger partial charge < -0.3 is 15.0 Å². The SMILES string of the molecule is COc1ccc(C(=O)NC2CCN(CC(C)C)CC2)cc1S(=O)(=O)N1CCCCCC1. The molecule has 1 N–H and O–H groups in total. The topological polar surface area (TPSA) is 79.0 Å². The first kappa shape index (κ1) is 24.0. The second-order valence-electron chi connectivity index (χ2n) is 9.13. The number of carbonyl (C=O) groups excluding carboxylic acids is 1. The first-order chi connectivity index (χ1) is 14.8. The number of benzene rings is 1. The van der Waals surface area contributed by atoms with Crippen LogP contribution in [0, 0.1) is 5.92 Å². The number of rotatable bonds is 7. The molecule has 31 heavy (non-hydrogen) atoms. The summed E-state index contributed by atoms with van der Waals surface area (Å²) < 4.78 is 33.5. The summed E-state index contributed by atoms with van der Waals surface area (Å²) in [6, 6.07) is 4.82. The molecular formula is C23H37N3O4S. The van der Waals surface area contributed by atoms with E-state index in [0.717, 1.165) is 58.2 Å². The molecule has 2 aliphatic rings. The normalized spacial score (nSPS) is 19.9. The fraction of sp³-hybridized carbons (Fsp3) is 0.696. The van der Waals surface area contributed by atoms with Crippen molar-refractivity contribution in [3.63, 3.8) is 0 Å². The van der Waals surface area contributed by atoms with E-state index in [0.29, 0.717) is 24.6 Å². The molecule has 0 radical (unpaired) electrons. The van der Waals surface area contributed by atoms with Crippen molar-refractivity contribution in [2.24, 2.45) is 5.92 Å². The number of likely N-dealkylation sites (tertiary alicyclic amines) is 1. The summed E-state index contributed by atoms with van der Waals surface area (Å²) in [4.78, 5) is 15.4. The van der Waals surface area contributed by atoms with Crippen LogP contribution in [0.3, 0.4) is 0 Å². The summed E-state index contributed by atoms with van der Waals surface area (Å²) in [6.07, 6.45) is 5.62. The van der Waals surface area contributed by atoms with Crippen molar-refractivity contribution in [1.82, 2.24) is 14.5 Å². The van der Waals surface area contributed by atoms with Gasteiger partial charge in [0.15, 0.2) is 0 Å². The molecule has 2 aliphatic heterocycles. The van der Waals surface area contributed by atoms with Crippen LogP contribution < -0.4 is 10.1 Å². The molecule has 174 valence electrons. The minimum atomic E-state index is -3.71. The molecule has 2 fully saturated rings. The Morgan fingerprint density at radius 1 is 1.10 bits per heavy atom. The number of carbonyl (C=O) groups is 1. The highest BCUT2D eigenvalue weighted by molar-refractivity contribution is 7.89. The van der Waals surface area contributed by atoms with Gasteiger partial charge in [-0.05, 0) is 49.8 Å². The number of hydrogen-bond acceptors (Lipinski definition) is 5. The third kappa shape index (κ3) is 6.20. The lowest BCUT2D eigenvalue weighted by Gasteiger charge is -2.33. The van der Waals surface area contributed by atoms with E-state index in [2.05, 4.69) is 24.1 Å². The average Bonchev–Trinajstić information content (AvgIpc) is 3.04. The quantitative estimate of drug-likeness (QED) is 0.689. The Kier molecular flexibility index (Phi) is 8.36. The number of amides is 1. The predicted octanol–water partition coefficient (Wildman–Crippen LogP) is 3.11. The lowest BCUT2D eigenvalue weighted by molar-refractivity contribution is 0.0907. The number of nitrogens with one attached hydrogen (secondary N) is 1. The summed E-state index contributed by atoms with van der Waals surface area (Å²) in [5.41, 5.74) is 0.360. The minimum absolute atomic E-state index is 0.0799. The van der Waals surface area contributed by atoms with Crippen molar-refractivity contribution >= 4 is 15.9 Å². The average molecular weight is 452 g/mol. The van der Waals surface area contributed by atoms with E-state index in [1.165, 1.54) is 17.5 Å². The zero-order valence-corrected chi connectivity index (χ0v) is 19.9. The minimum Gasteiger partial charge on any atom is -0.495 e. The molecule has 3 rings (SSSR count). The van der Waals surface area contributed by atoms with Gasteiger partial charge in [0.2, 0.25) is 10.0 Å². The van der Waals surface area contributed by atoms with Crippen molar-refractivity contribution in [2.45, 2.75) is 63.3 Å². The van der Waals surface area contributed by atoms with Crippen LogP contribution in [0.2, 0.25) is 0 Å². The fourth-order valence-corrected chi connectivity index (χ4v) is 6.18. The van der Waals surface area contributed by atoms with Gasteiger partial charge in [-0.3, -0.25) is 4.79 Å². The molecule has 0 spiro atoms. The highest BCUT2D eigenvalue weighted by Crippen LogP contribution is 2.29. The van der Waals surface area contributed by atoms with Crippen LogP contribution in [0.15, 0.2) is 23.1 Å². The molecule has 1 amide bonds. The van der Waals surface area contributed by atoms with Crippen LogP contribution in [0.4, 0.5) is 0 Å². The van der Waals surface area contributed by atoms with Crippen LogP contribution >= 0.6 is 0 Å². The molecule has 8 heteroatoms. The van der Waals surface area contributed by atoms with Gasteiger partial charge in [-0.1, -0.05) is 26.7 Å². The van der Waals surface area contributed by atoms with Crippen molar-refractivity contribution in [2.75, 3.05) is 39.8 Å². The number of sulfonamides is 1. The molecule has 1 aromatic rings. The Morgan fingerprint density at radius 2 is 1.74 bits per heavy atom. The van der Waals surface area contributed by atoms with Crippen LogP contribution in [-0.2, 0) is 10.0 Å². The zero-order valence-electron chi connectivity index (χ0n) is 19.1. The number of nitrogens with zero attached hydrogens (tertiary/aromatic N) is 2. The van der Waals surface area contributed by atoms with Crippen LogP contribution in [0.1, 0.15) is 62.7 Å². The predicted molar refractivity (Wildman–Crippen MR) is 122 cm³/mol. The molecule has 0 unspecified atom stereocenters. The third-order valence-electron chi connectivity index (χ3n) is 6.15. The monoisotopic (exact) mass is 451 g/mol. The molecule has 0 aromatic heterocycles. The molecule has 1 aromatic carbocycles. The smallest absolute Gasteiger partial charge is 0.251 e. The zero-order chi connectivity index (χ0) is 22.4. The highest BCUT2D eigenvalue weighted by Gasteiger charge is 2.29. The Balaban J connectivity index is 1.72. The van der Waals surface area contributed by atoms with Gasteiger partial charge in [-0.25, -0.2) is 8.42 Å². The Bertz CT molecular complexity index is 840. The standard InChI is InChI=1S/C23H37N3O4S/c1-18(2)17-25-14-10-20(11-15-25)24-23(27)19-8-9-21(30-3)22(16-19)31(28,29)26-12-6-4-5-7-13-26/h8-9,16,18,20H,4-7,10-15,17H2,1-3H3,(H,24,27). The van der Waals surface area contributed by atoms with Gasteiger partial charge in [0, 0.05) is 44.3 Å². The summed E-state index contributed by atoms with van der Waals surface area (Å²) in [5.74, 6) is 0.690. The molecule has 2 heterocycles. The second kappa shape index (κ2) is 10.8. The molecular weight excluding hydrogens is 414 g/mol. The molecule has 0 saturated carbocycles. The highest BCUT2D eigenvalue weighted by atomic mass is 32.2. The lowest BCUT2D eigenvalue weighted by atomic mass is 10.0. The number of ether oxygens (including phenoxy) is 1. The van der Waals surface area contributed by atoms with Crippen LogP contribution in [-0.4, -0.2) is 69.4 Å². The molecule has 0 bridgehead atoms. The number of methoxy groups -OCH3 is 1. The van der Waals surface area contributed by atoms with Gasteiger partial charge in [0.1, 0.15) is 10.6 Å².